The molecule has 0 unspecified atom stereocenters. The van der Waals surface area contributed by atoms with Crippen molar-refractivity contribution >= 4 is 5.91 Å². The van der Waals surface area contributed by atoms with Gasteiger partial charge < -0.3 is 19.6 Å². The summed E-state index contributed by atoms with van der Waals surface area (Å²) in [5, 5.41) is 17.3. The second-order valence-electron chi connectivity index (χ2n) is 6.54. The van der Waals surface area contributed by atoms with E-state index < -0.39 is 11.2 Å². The van der Waals surface area contributed by atoms with Gasteiger partial charge in [-0.15, -0.1) is 10.2 Å². The van der Waals surface area contributed by atoms with Crippen LogP contribution in [0.1, 0.15) is 41.7 Å². The van der Waals surface area contributed by atoms with Gasteiger partial charge in [-0.25, -0.2) is 4.79 Å². The van der Waals surface area contributed by atoms with Gasteiger partial charge in [0, 0.05) is 37.3 Å². The third-order valence-electron chi connectivity index (χ3n) is 4.94. The molecule has 0 atom stereocenters. The van der Waals surface area contributed by atoms with Gasteiger partial charge in [0.15, 0.2) is 5.82 Å². The van der Waals surface area contributed by atoms with Crippen molar-refractivity contribution in [3.8, 4) is 0 Å². The number of nitrogens with one attached hydrogen (secondary N) is 2. The molecule has 2 aromatic heterocycles. The van der Waals surface area contributed by atoms with E-state index in [4.69, 9.17) is 0 Å². The zero-order chi connectivity index (χ0) is 18.8. The molecule has 0 radical (unpaired) electrons. The highest BCUT2D eigenvalue weighted by atomic mass is 16.3. The smallest absolute Gasteiger partial charge is 0.325 e. The summed E-state index contributed by atoms with van der Waals surface area (Å²) in [6.07, 6.45) is 1.44. The van der Waals surface area contributed by atoms with Gasteiger partial charge in [-0.2, -0.15) is 0 Å². The number of carbonyl (C=O) groups is 1. The molecule has 140 valence electrons. The molecule has 2 aromatic rings. The minimum atomic E-state index is -0.574. The number of aromatic amines is 2. The van der Waals surface area contributed by atoms with E-state index in [9.17, 15) is 19.5 Å². The Hall–Kier alpha value is -2.75. The van der Waals surface area contributed by atoms with Crippen LogP contribution in [0.15, 0.2) is 9.59 Å². The maximum absolute atomic E-state index is 12.5. The molecule has 0 spiro atoms. The lowest BCUT2D eigenvalue weighted by molar-refractivity contribution is -0.131. The van der Waals surface area contributed by atoms with Crippen LogP contribution < -0.4 is 11.2 Å². The molecular weight excluding hydrogens is 340 g/mol. The van der Waals surface area contributed by atoms with Crippen LogP contribution in [0.5, 0.6) is 0 Å². The third kappa shape index (κ3) is 3.45. The SMILES string of the molecule is Cc1[nH]c(=O)[nH]c(=O)c1CC(=O)N1CCC(c2nnc(CO)n2C)CC1. The fraction of sp³-hybridized carbons (Fsp3) is 0.562. The van der Waals surface area contributed by atoms with Crippen molar-refractivity contribution < 1.29 is 9.90 Å². The highest BCUT2D eigenvalue weighted by molar-refractivity contribution is 5.79. The monoisotopic (exact) mass is 362 g/mol. The van der Waals surface area contributed by atoms with E-state index in [1.807, 2.05) is 7.05 Å². The van der Waals surface area contributed by atoms with Gasteiger partial charge in [0.25, 0.3) is 5.56 Å². The van der Waals surface area contributed by atoms with Crippen LogP contribution in [0.3, 0.4) is 0 Å². The van der Waals surface area contributed by atoms with Crippen molar-refractivity contribution in [2.45, 2.75) is 38.7 Å². The van der Waals surface area contributed by atoms with Gasteiger partial charge in [0.05, 0.1) is 6.42 Å². The van der Waals surface area contributed by atoms with E-state index in [1.165, 1.54) is 0 Å². The molecule has 10 nitrogen and oxygen atoms in total. The van der Waals surface area contributed by atoms with Crippen LogP contribution in [-0.2, 0) is 24.9 Å². The molecule has 0 bridgehead atoms. The van der Waals surface area contributed by atoms with Gasteiger partial charge in [0.2, 0.25) is 5.91 Å². The summed E-state index contributed by atoms with van der Waals surface area (Å²) in [4.78, 5) is 42.1. The summed E-state index contributed by atoms with van der Waals surface area (Å²) >= 11 is 0. The van der Waals surface area contributed by atoms with Crippen LogP contribution in [-0.4, -0.2) is 53.7 Å². The number of aliphatic hydroxyl groups is 1. The average molecular weight is 362 g/mol. The maximum atomic E-state index is 12.5. The number of aryl methyl sites for hydroxylation is 1. The number of piperidine rings is 1. The standard InChI is InChI=1S/C16H22N6O4/c1-9-11(15(25)18-16(26)17-9)7-13(24)22-5-3-10(4-6-22)14-20-19-12(8-23)21(14)2/h10,23H,3-8H2,1-2H3,(H2,17,18,25,26). The Bertz CT molecular complexity index is 920. The number of aliphatic hydroxyl groups excluding tert-OH is 1. The Balaban J connectivity index is 1.65. The number of aromatic nitrogens is 5. The molecule has 0 aliphatic carbocycles. The van der Waals surface area contributed by atoms with Crippen LogP contribution in [0, 0.1) is 6.92 Å². The minimum Gasteiger partial charge on any atom is -0.388 e. The molecule has 0 aromatic carbocycles. The highest BCUT2D eigenvalue weighted by Gasteiger charge is 2.27. The van der Waals surface area contributed by atoms with Crippen LogP contribution >= 0.6 is 0 Å². The molecule has 1 saturated heterocycles. The molecular formula is C16H22N6O4. The van der Waals surface area contributed by atoms with Crippen molar-refractivity contribution in [3.05, 3.63) is 43.7 Å². The van der Waals surface area contributed by atoms with Crippen molar-refractivity contribution in [1.82, 2.24) is 29.6 Å². The number of likely N-dealkylation sites (tertiary alicyclic amines) is 1. The molecule has 1 fully saturated rings. The Labute approximate surface area is 148 Å². The van der Waals surface area contributed by atoms with Gasteiger partial charge in [-0.05, 0) is 19.8 Å². The maximum Gasteiger partial charge on any atom is 0.325 e. The number of rotatable bonds is 4. The first-order valence-electron chi connectivity index (χ1n) is 8.49. The number of H-pyrrole nitrogens is 2. The number of hydrogen-bond donors (Lipinski definition) is 3. The fourth-order valence-corrected chi connectivity index (χ4v) is 3.36. The van der Waals surface area contributed by atoms with E-state index in [1.54, 1.807) is 16.4 Å². The molecule has 0 saturated carbocycles. The normalized spacial score (nSPS) is 15.4. The molecule has 10 heteroatoms. The van der Waals surface area contributed by atoms with Crippen molar-refractivity contribution in [2.24, 2.45) is 7.05 Å². The van der Waals surface area contributed by atoms with Gasteiger partial charge in [0.1, 0.15) is 12.4 Å². The summed E-state index contributed by atoms with van der Waals surface area (Å²) in [5.74, 6) is 1.37. The quantitative estimate of drug-likeness (QED) is 0.634. The minimum absolute atomic E-state index is 0.0404. The summed E-state index contributed by atoms with van der Waals surface area (Å²) < 4.78 is 1.80. The van der Waals surface area contributed by atoms with Gasteiger partial charge >= 0.3 is 5.69 Å². The largest absolute Gasteiger partial charge is 0.388 e. The van der Waals surface area contributed by atoms with Crippen molar-refractivity contribution in [3.63, 3.8) is 0 Å². The zero-order valence-electron chi connectivity index (χ0n) is 14.8. The summed E-state index contributed by atoms with van der Waals surface area (Å²) in [6, 6.07) is 0. The first-order chi connectivity index (χ1) is 12.4. The Morgan fingerprint density at radius 1 is 1.23 bits per heavy atom. The lowest BCUT2D eigenvalue weighted by Crippen LogP contribution is -2.40. The van der Waals surface area contributed by atoms with Crippen LogP contribution in [0.25, 0.3) is 0 Å². The van der Waals surface area contributed by atoms with Crippen LogP contribution in [0.2, 0.25) is 0 Å². The lowest BCUT2D eigenvalue weighted by Gasteiger charge is -2.31. The molecule has 3 N–H and O–H groups in total. The summed E-state index contributed by atoms with van der Waals surface area (Å²) in [6.45, 7) is 2.57. The predicted octanol–water partition coefficient (Wildman–Crippen LogP) is -1.06. The van der Waals surface area contributed by atoms with Crippen molar-refractivity contribution in [2.75, 3.05) is 13.1 Å². The van der Waals surface area contributed by atoms with Crippen LogP contribution in [0.4, 0.5) is 0 Å². The average Bonchev–Trinajstić information content (AvgIpc) is 2.98. The van der Waals surface area contributed by atoms with Gasteiger partial charge in [-0.1, -0.05) is 0 Å². The molecule has 3 heterocycles. The second kappa shape index (κ2) is 7.24. The molecule has 1 amide bonds. The second-order valence-corrected chi connectivity index (χ2v) is 6.54. The Kier molecular flexibility index (Phi) is 5.03. The Morgan fingerprint density at radius 3 is 2.50 bits per heavy atom. The highest BCUT2D eigenvalue weighted by Crippen LogP contribution is 2.27. The number of hydrogen-bond acceptors (Lipinski definition) is 6. The number of amides is 1. The lowest BCUT2D eigenvalue weighted by atomic mass is 9.95. The van der Waals surface area contributed by atoms with E-state index >= 15 is 0 Å². The topological polar surface area (TPSA) is 137 Å². The van der Waals surface area contributed by atoms with E-state index in [-0.39, 0.29) is 30.4 Å². The van der Waals surface area contributed by atoms with E-state index in [0.29, 0.717) is 24.6 Å². The summed E-state index contributed by atoms with van der Waals surface area (Å²) in [7, 11) is 1.82. The number of nitrogens with zero attached hydrogens (tertiary/aromatic N) is 4. The van der Waals surface area contributed by atoms with E-state index in [2.05, 4.69) is 20.2 Å². The predicted molar refractivity (Wildman–Crippen MR) is 91.6 cm³/mol. The molecule has 3 rings (SSSR count). The third-order valence-corrected chi connectivity index (χ3v) is 4.94. The first kappa shape index (κ1) is 18.1. The molecule has 26 heavy (non-hydrogen) atoms. The first-order valence-corrected chi connectivity index (χ1v) is 8.49. The Morgan fingerprint density at radius 2 is 1.92 bits per heavy atom. The number of carbonyl (C=O) groups excluding carboxylic acids is 1. The van der Waals surface area contributed by atoms with E-state index in [0.717, 1.165) is 18.7 Å². The zero-order valence-corrected chi connectivity index (χ0v) is 14.8. The van der Waals surface area contributed by atoms with Crippen molar-refractivity contribution in [1.29, 1.82) is 0 Å². The van der Waals surface area contributed by atoms with Gasteiger partial charge in [-0.3, -0.25) is 14.6 Å². The molecule has 1 aliphatic heterocycles. The molecule has 1 aliphatic rings. The fourth-order valence-electron chi connectivity index (χ4n) is 3.36. The summed E-state index contributed by atoms with van der Waals surface area (Å²) in [5.41, 5.74) is -0.393.